The lowest BCUT2D eigenvalue weighted by molar-refractivity contribution is -0.191. The van der Waals surface area contributed by atoms with Gasteiger partial charge in [0.05, 0.1) is 6.61 Å². The molecule has 0 bridgehead atoms. The van der Waals surface area contributed by atoms with Crippen LogP contribution in [0.3, 0.4) is 0 Å². The van der Waals surface area contributed by atoms with E-state index in [1.807, 2.05) is 13.1 Å². The first-order chi connectivity index (χ1) is 17.9. The number of carbonyl (C=O) groups excluding carboxylic acids is 4. The summed E-state index contributed by atoms with van der Waals surface area (Å²) in [7, 11) is -2.34. The number of rotatable bonds is 8. The van der Waals surface area contributed by atoms with Crippen molar-refractivity contribution in [2.45, 2.75) is 104 Å². The Labute approximate surface area is 228 Å². The van der Waals surface area contributed by atoms with E-state index in [1.165, 1.54) is 40.0 Å². The normalized spacial score (nSPS) is 23.8. The average molecular weight is 570 g/mol. The fourth-order valence-electron chi connectivity index (χ4n) is 3.79. The van der Waals surface area contributed by atoms with E-state index in [4.69, 9.17) is 23.4 Å². The van der Waals surface area contributed by atoms with E-state index in [9.17, 15) is 24.0 Å². The van der Waals surface area contributed by atoms with Gasteiger partial charge in [0.25, 0.3) is 0 Å². The fourth-order valence-corrected chi connectivity index (χ4v) is 4.80. The van der Waals surface area contributed by atoms with Gasteiger partial charge in [0.1, 0.15) is 24.3 Å². The van der Waals surface area contributed by atoms with E-state index in [2.05, 4.69) is 31.1 Å². The molecule has 1 amide bonds. The second-order valence-corrected chi connectivity index (χ2v) is 15.7. The number of amides is 1. The summed E-state index contributed by atoms with van der Waals surface area (Å²) in [6.45, 7) is 15.0. The van der Waals surface area contributed by atoms with Gasteiger partial charge in [-0.3, -0.25) is 23.7 Å². The number of anilines is 1. The van der Waals surface area contributed by atoms with Gasteiger partial charge < -0.3 is 28.7 Å². The van der Waals surface area contributed by atoms with Crippen LogP contribution in [0.15, 0.2) is 17.1 Å². The summed E-state index contributed by atoms with van der Waals surface area (Å²) in [5.74, 6) is -2.43. The highest BCUT2D eigenvalue weighted by atomic mass is 28.4. The molecule has 2 rings (SSSR count). The zero-order valence-corrected chi connectivity index (χ0v) is 24.9. The molecule has 0 spiro atoms. The third-order valence-corrected chi connectivity index (χ3v) is 11.1. The molecule has 1 aromatic rings. The van der Waals surface area contributed by atoms with Crippen LogP contribution >= 0.6 is 0 Å². The van der Waals surface area contributed by atoms with Gasteiger partial charge >= 0.3 is 23.6 Å². The van der Waals surface area contributed by atoms with Crippen molar-refractivity contribution in [1.29, 1.82) is 0 Å². The Bertz CT molecular complexity index is 1130. The smallest absolute Gasteiger partial charge is 0.351 e. The maximum Gasteiger partial charge on any atom is 0.351 e. The first-order valence-corrected chi connectivity index (χ1v) is 15.5. The van der Waals surface area contributed by atoms with Crippen LogP contribution in [0.25, 0.3) is 0 Å². The van der Waals surface area contributed by atoms with Crippen molar-refractivity contribution in [1.82, 2.24) is 9.55 Å². The van der Waals surface area contributed by atoms with Gasteiger partial charge in [-0.15, -0.1) is 0 Å². The molecule has 1 aromatic heterocycles. The number of nitrogens with one attached hydrogen (secondary N) is 1. The first-order valence-electron chi connectivity index (χ1n) is 12.6. The highest BCUT2D eigenvalue weighted by Crippen LogP contribution is 2.38. The number of nitrogens with zero attached hydrogens (tertiary/aromatic N) is 2. The van der Waals surface area contributed by atoms with E-state index in [0.29, 0.717) is 0 Å². The molecule has 1 aliphatic rings. The standard InChI is InChI=1S/C25H39N3O10Si/c1-14(29)26-20-10-11-28(24(33)27-20)21-12-18(35-15(2)30)22(36-16(3)31)23(37-17(4)32)19(38-21)13-34-39(8,9)25(5,6)7/h10-11,18-19,21-23H,12-13H2,1-9H3,(H,26,27,29,33)/t18-,19+,21+,22+,23+/m0/s1. The maximum absolute atomic E-state index is 13.0. The molecule has 0 aromatic carbocycles. The number of hydrogen-bond donors (Lipinski definition) is 1. The predicted octanol–water partition coefficient (Wildman–Crippen LogP) is 2.31. The highest BCUT2D eigenvalue weighted by Gasteiger charge is 2.49. The zero-order chi connectivity index (χ0) is 29.7. The van der Waals surface area contributed by atoms with Gasteiger partial charge in [0, 0.05) is 40.3 Å². The number of ether oxygens (including phenoxy) is 4. The van der Waals surface area contributed by atoms with Crippen LogP contribution < -0.4 is 11.0 Å². The van der Waals surface area contributed by atoms with Crippen molar-refractivity contribution in [2.75, 3.05) is 11.9 Å². The molecule has 0 saturated carbocycles. The molecule has 1 fully saturated rings. The second kappa shape index (κ2) is 12.8. The highest BCUT2D eigenvalue weighted by molar-refractivity contribution is 6.74. The Hall–Kier alpha value is -3.10. The summed E-state index contributed by atoms with van der Waals surface area (Å²) in [6.07, 6.45) is -4.53. The van der Waals surface area contributed by atoms with Crippen molar-refractivity contribution in [2.24, 2.45) is 0 Å². The van der Waals surface area contributed by atoms with Gasteiger partial charge in [-0.2, -0.15) is 4.98 Å². The van der Waals surface area contributed by atoms with Gasteiger partial charge in [0.2, 0.25) is 5.91 Å². The number of hydrogen-bond acceptors (Lipinski definition) is 11. The monoisotopic (exact) mass is 569 g/mol. The Morgan fingerprint density at radius 3 is 2.08 bits per heavy atom. The average Bonchev–Trinajstić information content (AvgIpc) is 2.88. The molecular weight excluding hydrogens is 530 g/mol. The first kappa shape index (κ1) is 32.1. The van der Waals surface area contributed by atoms with E-state index in [-0.39, 0.29) is 23.9 Å². The van der Waals surface area contributed by atoms with Gasteiger partial charge in [0.15, 0.2) is 20.5 Å². The molecule has 13 nitrogen and oxygen atoms in total. The van der Waals surface area contributed by atoms with Crippen molar-refractivity contribution in [3.8, 4) is 0 Å². The quantitative estimate of drug-likeness (QED) is 0.278. The summed E-state index contributed by atoms with van der Waals surface area (Å²) in [4.78, 5) is 64.5. The summed E-state index contributed by atoms with van der Waals surface area (Å²) in [6, 6.07) is 1.41. The minimum absolute atomic E-state index is 0.0438. The summed E-state index contributed by atoms with van der Waals surface area (Å²) < 4.78 is 30.5. The molecule has 1 aliphatic heterocycles. The topological polar surface area (TPSA) is 161 Å². The van der Waals surface area contributed by atoms with Crippen molar-refractivity contribution >= 4 is 38.0 Å². The molecule has 218 valence electrons. The van der Waals surface area contributed by atoms with E-state index >= 15 is 0 Å². The molecular formula is C25H39N3O10Si. The third-order valence-electron chi connectivity index (χ3n) is 6.60. The number of carbonyl (C=O) groups is 4. The molecule has 2 heterocycles. The van der Waals surface area contributed by atoms with Crippen LogP contribution in [0, 0.1) is 0 Å². The fraction of sp³-hybridized carbons (Fsp3) is 0.680. The molecule has 14 heteroatoms. The van der Waals surface area contributed by atoms with Crippen LogP contribution in [0.2, 0.25) is 18.1 Å². The summed E-state index contributed by atoms with van der Waals surface area (Å²) >= 11 is 0. The molecule has 0 unspecified atom stereocenters. The Kier molecular flexibility index (Phi) is 10.6. The minimum Gasteiger partial charge on any atom is -0.458 e. The Morgan fingerprint density at radius 2 is 1.59 bits per heavy atom. The van der Waals surface area contributed by atoms with Gasteiger partial charge in [-0.1, -0.05) is 20.8 Å². The zero-order valence-electron chi connectivity index (χ0n) is 23.9. The van der Waals surface area contributed by atoms with Crippen LogP contribution in [0.5, 0.6) is 0 Å². The summed E-state index contributed by atoms with van der Waals surface area (Å²) in [5.41, 5.74) is -0.758. The molecule has 1 saturated heterocycles. The second-order valence-electron chi connectivity index (χ2n) is 10.9. The Morgan fingerprint density at radius 1 is 1.03 bits per heavy atom. The molecule has 39 heavy (non-hydrogen) atoms. The van der Waals surface area contributed by atoms with E-state index in [0.717, 1.165) is 4.57 Å². The van der Waals surface area contributed by atoms with E-state index < -0.39 is 68.5 Å². The lowest BCUT2D eigenvalue weighted by Crippen LogP contribution is -2.52. The number of aromatic nitrogens is 2. The SMILES string of the molecule is CC(=O)Nc1ccn([C@H]2C[C@H](OC(C)=O)[C@@H](OC(C)=O)[C@H](OC(C)=O)[C@@H](CO[Si](C)(C)C(C)(C)C)O2)c(=O)n1. The maximum atomic E-state index is 13.0. The lowest BCUT2D eigenvalue weighted by atomic mass is 10.0. The molecule has 1 N–H and O–H groups in total. The van der Waals surface area contributed by atoms with Crippen molar-refractivity contribution in [3.05, 3.63) is 22.7 Å². The van der Waals surface area contributed by atoms with Crippen molar-refractivity contribution < 1.29 is 42.6 Å². The minimum atomic E-state index is -2.34. The molecule has 5 atom stereocenters. The van der Waals surface area contributed by atoms with Crippen LogP contribution in [0.4, 0.5) is 5.82 Å². The van der Waals surface area contributed by atoms with Crippen molar-refractivity contribution in [3.63, 3.8) is 0 Å². The summed E-state index contributed by atoms with van der Waals surface area (Å²) in [5, 5.41) is 2.27. The van der Waals surface area contributed by atoms with E-state index in [1.54, 1.807) is 0 Å². The number of esters is 3. The Balaban J connectivity index is 2.62. The van der Waals surface area contributed by atoms with Gasteiger partial charge in [-0.25, -0.2) is 4.79 Å². The van der Waals surface area contributed by atoms with Gasteiger partial charge in [-0.05, 0) is 24.2 Å². The molecule has 0 aliphatic carbocycles. The van der Waals surface area contributed by atoms with Crippen LogP contribution in [0.1, 0.15) is 61.1 Å². The molecule has 0 radical (unpaired) electrons. The van der Waals surface area contributed by atoms with Crippen LogP contribution in [-0.4, -0.2) is 72.7 Å². The third kappa shape index (κ3) is 8.97. The predicted molar refractivity (Wildman–Crippen MR) is 141 cm³/mol. The van der Waals surface area contributed by atoms with Crippen LogP contribution in [-0.2, 0) is 42.6 Å². The largest absolute Gasteiger partial charge is 0.458 e. The lowest BCUT2D eigenvalue weighted by Gasteiger charge is -2.39.